The van der Waals surface area contributed by atoms with E-state index in [0.29, 0.717) is 38.3 Å². The zero-order valence-electron chi connectivity index (χ0n) is 18.6. The average molecular weight is 432 g/mol. The van der Waals surface area contributed by atoms with Gasteiger partial charge in [0.15, 0.2) is 5.69 Å². The van der Waals surface area contributed by atoms with Gasteiger partial charge >= 0.3 is 0 Å². The third kappa shape index (κ3) is 4.88. The Morgan fingerprint density at radius 1 is 1.09 bits per heavy atom. The Kier molecular flexibility index (Phi) is 6.63. The van der Waals surface area contributed by atoms with Crippen LogP contribution in [-0.2, 0) is 37.3 Å². The Labute approximate surface area is 188 Å². The van der Waals surface area contributed by atoms with E-state index < -0.39 is 0 Å². The highest BCUT2D eigenvalue weighted by Crippen LogP contribution is 2.24. The molecule has 3 heterocycles. The topological polar surface area (TPSA) is 80.1 Å². The van der Waals surface area contributed by atoms with Gasteiger partial charge in [0, 0.05) is 49.4 Å². The van der Waals surface area contributed by atoms with Crippen molar-refractivity contribution in [3.63, 3.8) is 0 Å². The van der Waals surface area contributed by atoms with Crippen LogP contribution in [0.3, 0.4) is 0 Å². The molecule has 0 aliphatic carbocycles. The summed E-state index contributed by atoms with van der Waals surface area (Å²) in [5.74, 6) is -0.206. The molecule has 1 N–H and O–H groups in total. The highest BCUT2D eigenvalue weighted by atomic mass is 16.2. The van der Waals surface area contributed by atoms with Crippen LogP contribution >= 0.6 is 0 Å². The van der Waals surface area contributed by atoms with Crippen molar-refractivity contribution in [2.75, 3.05) is 6.54 Å². The maximum Gasteiger partial charge on any atom is 0.272 e. The average Bonchev–Trinajstić information content (AvgIpc) is 3.20. The number of aromatic nitrogens is 3. The van der Waals surface area contributed by atoms with E-state index in [1.165, 1.54) is 5.56 Å². The van der Waals surface area contributed by atoms with Gasteiger partial charge in [0.2, 0.25) is 5.91 Å². The SMILES string of the molecule is CC(C)C(=O)N1CCc2c(c(C(=O)NCc3ccccn3)nn2CCc2ccccc2)C1. The second-order valence-corrected chi connectivity index (χ2v) is 8.40. The summed E-state index contributed by atoms with van der Waals surface area (Å²) in [5, 5.41) is 7.64. The molecule has 2 aromatic heterocycles. The fourth-order valence-electron chi connectivity index (χ4n) is 4.05. The smallest absolute Gasteiger partial charge is 0.272 e. The van der Waals surface area contributed by atoms with Crippen LogP contribution in [0, 0.1) is 5.92 Å². The second kappa shape index (κ2) is 9.77. The standard InChI is InChI=1S/C25H29N5O2/c1-18(2)25(32)29-14-12-22-21(17-29)23(24(31)27-16-20-10-6-7-13-26-20)28-30(22)15-11-19-8-4-3-5-9-19/h3-10,13,18H,11-12,14-17H2,1-2H3,(H,27,31). The van der Waals surface area contributed by atoms with Gasteiger partial charge in [0.25, 0.3) is 5.91 Å². The molecule has 0 radical (unpaired) electrons. The summed E-state index contributed by atoms with van der Waals surface area (Å²) in [6.45, 7) is 5.90. The molecule has 0 saturated carbocycles. The molecule has 1 aromatic carbocycles. The van der Waals surface area contributed by atoms with Crippen LogP contribution in [0.1, 0.15) is 46.9 Å². The van der Waals surface area contributed by atoms with Crippen molar-refractivity contribution in [2.24, 2.45) is 5.92 Å². The molecule has 0 saturated heterocycles. The molecule has 0 unspecified atom stereocenters. The van der Waals surface area contributed by atoms with Crippen molar-refractivity contribution >= 4 is 11.8 Å². The van der Waals surface area contributed by atoms with E-state index in [9.17, 15) is 9.59 Å². The molecule has 0 bridgehead atoms. The van der Waals surface area contributed by atoms with Crippen LogP contribution in [0.15, 0.2) is 54.7 Å². The summed E-state index contributed by atoms with van der Waals surface area (Å²) in [7, 11) is 0. The zero-order valence-corrected chi connectivity index (χ0v) is 18.6. The molecule has 1 aliphatic rings. The first-order chi connectivity index (χ1) is 15.5. The molecule has 1 aliphatic heterocycles. The quantitative estimate of drug-likeness (QED) is 0.624. The fourth-order valence-corrected chi connectivity index (χ4v) is 4.05. The summed E-state index contributed by atoms with van der Waals surface area (Å²) >= 11 is 0. The maximum atomic E-state index is 13.1. The lowest BCUT2D eigenvalue weighted by atomic mass is 10.0. The molecule has 0 fully saturated rings. The third-order valence-corrected chi connectivity index (χ3v) is 5.77. The monoisotopic (exact) mass is 431 g/mol. The molecule has 32 heavy (non-hydrogen) atoms. The van der Waals surface area contributed by atoms with Gasteiger partial charge in [-0.15, -0.1) is 0 Å². The molecule has 7 heteroatoms. The summed E-state index contributed by atoms with van der Waals surface area (Å²) in [5.41, 5.74) is 4.33. The van der Waals surface area contributed by atoms with Crippen LogP contribution in [0.4, 0.5) is 0 Å². The van der Waals surface area contributed by atoms with Crippen molar-refractivity contribution in [1.82, 2.24) is 25.0 Å². The molecule has 2 amide bonds. The van der Waals surface area contributed by atoms with Gasteiger partial charge < -0.3 is 10.2 Å². The third-order valence-electron chi connectivity index (χ3n) is 5.77. The number of nitrogens with zero attached hydrogens (tertiary/aromatic N) is 4. The predicted molar refractivity (Wildman–Crippen MR) is 122 cm³/mol. The number of carbonyl (C=O) groups excluding carboxylic acids is 2. The van der Waals surface area contributed by atoms with Gasteiger partial charge in [0.1, 0.15) is 0 Å². The number of nitrogens with one attached hydrogen (secondary N) is 1. The number of amides is 2. The van der Waals surface area contributed by atoms with Crippen molar-refractivity contribution < 1.29 is 9.59 Å². The van der Waals surface area contributed by atoms with Gasteiger partial charge in [-0.05, 0) is 24.1 Å². The number of fused-ring (bicyclic) bond motifs is 1. The van der Waals surface area contributed by atoms with Crippen LogP contribution < -0.4 is 5.32 Å². The van der Waals surface area contributed by atoms with Gasteiger partial charge in [-0.1, -0.05) is 50.2 Å². The largest absolute Gasteiger partial charge is 0.345 e. The van der Waals surface area contributed by atoms with E-state index in [0.717, 1.165) is 23.4 Å². The van der Waals surface area contributed by atoms with Crippen LogP contribution in [-0.4, -0.2) is 38.0 Å². The predicted octanol–water partition coefficient (Wildman–Crippen LogP) is 2.99. The minimum Gasteiger partial charge on any atom is -0.345 e. The van der Waals surface area contributed by atoms with E-state index in [-0.39, 0.29) is 17.7 Å². The lowest BCUT2D eigenvalue weighted by molar-refractivity contribution is -0.135. The van der Waals surface area contributed by atoms with Crippen molar-refractivity contribution in [1.29, 1.82) is 0 Å². The summed E-state index contributed by atoms with van der Waals surface area (Å²) in [6, 6.07) is 15.9. The molecule has 4 rings (SSSR count). The minimum atomic E-state index is -0.232. The number of carbonyl (C=O) groups is 2. The summed E-state index contributed by atoms with van der Waals surface area (Å²) in [6.07, 6.45) is 3.23. The van der Waals surface area contributed by atoms with Crippen LogP contribution in [0.5, 0.6) is 0 Å². The normalized spacial score (nSPS) is 13.2. The number of pyridine rings is 1. The Bertz CT molecular complexity index is 1080. The lowest BCUT2D eigenvalue weighted by Gasteiger charge is -2.29. The highest BCUT2D eigenvalue weighted by Gasteiger charge is 2.30. The van der Waals surface area contributed by atoms with Gasteiger partial charge in [-0.25, -0.2) is 0 Å². The van der Waals surface area contributed by atoms with Crippen molar-refractivity contribution in [3.05, 3.63) is 82.9 Å². The highest BCUT2D eigenvalue weighted by molar-refractivity contribution is 5.94. The van der Waals surface area contributed by atoms with E-state index >= 15 is 0 Å². The van der Waals surface area contributed by atoms with Gasteiger partial charge in [0.05, 0.1) is 12.2 Å². The van der Waals surface area contributed by atoms with E-state index in [1.54, 1.807) is 6.20 Å². The first-order valence-corrected chi connectivity index (χ1v) is 11.1. The molecule has 0 atom stereocenters. The molecular formula is C25H29N5O2. The summed E-state index contributed by atoms with van der Waals surface area (Å²) < 4.78 is 1.95. The van der Waals surface area contributed by atoms with E-state index in [1.807, 2.05) is 59.8 Å². The Morgan fingerprint density at radius 3 is 2.59 bits per heavy atom. The number of hydrogen-bond donors (Lipinski definition) is 1. The first kappa shape index (κ1) is 21.7. The van der Waals surface area contributed by atoms with Gasteiger partial charge in [-0.3, -0.25) is 19.3 Å². The molecule has 166 valence electrons. The molecule has 0 spiro atoms. The molecular weight excluding hydrogens is 402 g/mol. The maximum absolute atomic E-state index is 13.1. The minimum absolute atomic E-state index is 0.0777. The van der Waals surface area contributed by atoms with Crippen molar-refractivity contribution in [2.45, 2.75) is 46.3 Å². The summed E-state index contributed by atoms with van der Waals surface area (Å²) in [4.78, 5) is 31.8. The van der Waals surface area contributed by atoms with E-state index in [4.69, 9.17) is 5.10 Å². The Hall–Kier alpha value is -3.48. The van der Waals surface area contributed by atoms with Crippen LogP contribution in [0.25, 0.3) is 0 Å². The van der Waals surface area contributed by atoms with E-state index in [2.05, 4.69) is 22.4 Å². The number of benzene rings is 1. The zero-order chi connectivity index (χ0) is 22.5. The Balaban J connectivity index is 1.57. The fraction of sp³-hybridized carbons (Fsp3) is 0.360. The molecule has 3 aromatic rings. The van der Waals surface area contributed by atoms with Crippen LogP contribution in [0.2, 0.25) is 0 Å². The lowest BCUT2D eigenvalue weighted by Crippen LogP contribution is -2.39. The van der Waals surface area contributed by atoms with Crippen molar-refractivity contribution in [3.8, 4) is 0 Å². The number of aryl methyl sites for hydroxylation is 2. The Morgan fingerprint density at radius 2 is 1.88 bits per heavy atom. The first-order valence-electron chi connectivity index (χ1n) is 11.1. The number of rotatable bonds is 7. The van der Waals surface area contributed by atoms with Gasteiger partial charge in [-0.2, -0.15) is 5.10 Å². The second-order valence-electron chi connectivity index (χ2n) is 8.40. The number of hydrogen-bond acceptors (Lipinski definition) is 4. The molecule has 7 nitrogen and oxygen atoms in total.